The molecule has 0 amide bonds. The van der Waals surface area contributed by atoms with E-state index in [0.29, 0.717) is 18.0 Å². The van der Waals surface area contributed by atoms with Crippen molar-refractivity contribution in [1.82, 2.24) is 4.98 Å². The minimum absolute atomic E-state index is 0.224. The van der Waals surface area contributed by atoms with E-state index in [1.54, 1.807) is 12.3 Å². The van der Waals surface area contributed by atoms with Crippen LogP contribution in [-0.4, -0.2) is 41.4 Å². The van der Waals surface area contributed by atoms with Gasteiger partial charge < -0.3 is 14.7 Å². The summed E-state index contributed by atoms with van der Waals surface area (Å²) in [7, 11) is 0. The number of hydrogen-bond donors (Lipinski definition) is 1. The van der Waals surface area contributed by atoms with E-state index in [-0.39, 0.29) is 12.1 Å². The predicted octanol–water partition coefficient (Wildman–Crippen LogP) is 2.24. The number of carboxylic acid groups (broad SMARTS) is 1. The highest BCUT2D eigenvalue weighted by atomic mass is 16.5. The quantitative estimate of drug-likeness (QED) is 0.897. The Labute approximate surface area is 118 Å². The van der Waals surface area contributed by atoms with Gasteiger partial charge in [0.15, 0.2) is 0 Å². The molecule has 5 nitrogen and oxygen atoms in total. The van der Waals surface area contributed by atoms with Gasteiger partial charge in [-0.05, 0) is 31.4 Å². The lowest BCUT2D eigenvalue weighted by Crippen LogP contribution is -2.53. The first-order valence-electron chi connectivity index (χ1n) is 7.25. The fourth-order valence-electron chi connectivity index (χ4n) is 3.39. The summed E-state index contributed by atoms with van der Waals surface area (Å²) in [5, 5.41) is 9.48. The lowest BCUT2D eigenvalue weighted by atomic mass is 9.89. The third-order valence-corrected chi connectivity index (χ3v) is 4.36. The fraction of sp³-hybridized carbons (Fsp3) is 0.600. The Morgan fingerprint density at radius 3 is 3.05 bits per heavy atom. The maximum atomic E-state index is 11.5. The predicted molar refractivity (Wildman–Crippen MR) is 75.3 cm³/mol. The third kappa shape index (κ3) is 2.26. The Morgan fingerprint density at radius 2 is 2.25 bits per heavy atom. The monoisotopic (exact) mass is 276 g/mol. The van der Waals surface area contributed by atoms with Crippen LogP contribution in [0, 0.1) is 6.92 Å². The van der Waals surface area contributed by atoms with Crippen molar-refractivity contribution in [2.24, 2.45) is 0 Å². The van der Waals surface area contributed by atoms with Crippen LogP contribution in [0.1, 0.15) is 41.6 Å². The van der Waals surface area contributed by atoms with Crippen LogP contribution in [0.5, 0.6) is 0 Å². The normalized spacial score (nSPS) is 26.1. The second kappa shape index (κ2) is 5.40. The van der Waals surface area contributed by atoms with Crippen molar-refractivity contribution in [3.8, 4) is 0 Å². The Kier molecular flexibility index (Phi) is 3.61. The van der Waals surface area contributed by atoms with Gasteiger partial charge in [0.2, 0.25) is 0 Å². The first-order chi connectivity index (χ1) is 9.68. The molecule has 0 aromatic carbocycles. The lowest BCUT2D eigenvalue weighted by molar-refractivity contribution is -0.00910. The molecule has 1 saturated heterocycles. The number of aryl methyl sites for hydroxylation is 1. The number of fused-ring (bicyclic) bond motifs is 1. The van der Waals surface area contributed by atoms with Gasteiger partial charge in [0, 0.05) is 12.7 Å². The number of carboxylic acids is 1. The largest absolute Gasteiger partial charge is 0.478 e. The number of aromatic carboxylic acids is 1. The number of anilines is 1. The molecule has 1 aromatic rings. The molecule has 108 valence electrons. The minimum Gasteiger partial charge on any atom is -0.478 e. The molecule has 0 bridgehead atoms. The number of hydrogen-bond acceptors (Lipinski definition) is 4. The smallest absolute Gasteiger partial charge is 0.339 e. The highest BCUT2D eigenvalue weighted by Crippen LogP contribution is 2.33. The maximum absolute atomic E-state index is 11.5. The van der Waals surface area contributed by atoms with E-state index in [9.17, 15) is 9.90 Å². The van der Waals surface area contributed by atoms with E-state index in [4.69, 9.17) is 4.74 Å². The Hall–Kier alpha value is -1.62. The van der Waals surface area contributed by atoms with Crippen LogP contribution >= 0.6 is 0 Å². The second-order valence-corrected chi connectivity index (χ2v) is 5.59. The maximum Gasteiger partial charge on any atom is 0.339 e. The molecule has 2 fully saturated rings. The first kappa shape index (κ1) is 13.4. The molecule has 2 aliphatic rings. The molecular formula is C15H20N2O3. The topological polar surface area (TPSA) is 62.7 Å². The van der Waals surface area contributed by atoms with Crippen LogP contribution in [0.4, 0.5) is 5.82 Å². The fourth-order valence-corrected chi connectivity index (χ4v) is 3.39. The number of nitrogens with zero attached hydrogens (tertiary/aromatic N) is 2. The minimum atomic E-state index is -0.899. The van der Waals surface area contributed by atoms with Crippen molar-refractivity contribution >= 4 is 11.8 Å². The molecule has 1 saturated carbocycles. The van der Waals surface area contributed by atoms with Gasteiger partial charge in [-0.1, -0.05) is 12.8 Å². The van der Waals surface area contributed by atoms with E-state index in [1.807, 2.05) is 6.92 Å². The average Bonchev–Trinajstić information content (AvgIpc) is 2.46. The molecule has 1 N–H and O–H groups in total. The Balaban J connectivity index is 1.99. The zero-order chi connectivity index (χ0) is 14.1. The number of morpholine rings is 1. The zero-order valence-corrected chi connectivity index (χ0v) is 11.7. The molecule has 2 unspecified atom stereocenters. The van der Waals surface area contributed by atoms with E-state index in [1.165, 1.54) is 12.8 Å². The van der Waals surface area contributed by atoms with Gasteiger partial charge >= 0.3 is 5.97 Å². The van der Waals surface area contributed by atoms with Gasteiger partial charge in [0.1, 0.15) is 11.4 Å². The summed E-state index contributed by atoms with van der Waals surface area (Å²) < 4.78 is 5.85. The third-order valence-electron chi connectivity index (χ3n) is 4.36. The van der Waals surface area contributed by atoms with Gasteiger partial charge in [-0.2, -0.15) is 0 Å². The van der Waals surface area contributed by atoms with Crippen LogP contribution in [-0.2, 0) is 4.74 Å². The molecule has 5 heteroatoms. The molecule has 0 radical (unpaired) electrons. The lowest BCUT2D eigenvalue weighted by Gasteiger charge is -2.44. The van der Waals surface area contributed by atoms with Gasteiger partial charge in [0.05, 0.1) is 18.8 Å². The van der Waals surface area contributed by atoms with Gasteiger partial charge in [-0.25, -0.2) is 9.78 Å². The van der Waals surface area contributed by atoms with E-state index >= 15 is 0 Å². The molecular weight excluding hydrogens is 256 g/mol. The Morgan fingerprint density at radius 1 is 1.45 bits per heavy atom. The second-order valence-electron chi connectivity index (χ2n) is 5.59. The summed E-state index contributed by atoms with van der Waals surface area (Å²) in [6.45, 7) is 3.20. The first-order valence-corrected chi connectivity index (χ1v) is 7.25. The van der Waals surface area contributed by atoms with Crippen molar-refractivity contribution in [2.75, 3.05) is 18.1 Å². The van der Waals surface area contributed by atoms with Crippen molar-refractivity contribution in [3.63, 3.8) is 0 Å². The van der Waals surface area contributed by atoms with Crippen LogP contribution in [0.15, 0.2) is 12.3 Å². The van der Waals surface area contributed by atoms with Crippen LogP contribution in [0.2, 0.25) is 0 Å². The zero-order valence-electron chi connectivity index (χ0n) is 11.7. The molecule has 3 rings (SSSR count). The summed E-state index contributed by atoms with van der Waals surface area (Å²) >= 11 is 0. The molecule has 1 aliphatic carbocycles. The van der Waals surface area contributed by atoms with E-state index in [0.717, 1.165) is 24.9 Å². The standard InChI is InChI=1S/C15H20N2O3/c1-10-6-7-16-14(13(10)15(18)19)17-8-9-20-12-5-3-2-4-11(12)17/h6-7,11-12H,2-5,8-9H2,1H3,(H,18,19). The van der Waals surface area contributed by atoms with Gasteiger partial charge in [0.25, 0.3) is 0 Å². The molecule has 0 spiro atoms. The number of rotatable bonds is 2. The van der Waals surface area contributed by atoms with Crippen molar-refractivity contribution in [2.45, 2.75) is 44.8 Å². The van der Waals surface area contributed by atoms with Crippen LogP contribution in [0.3, 0.4) is 0 Å². The highest BCUT2D eigenvalue weighted by Gasteiger charge is 2.36. The number of aromatic nitrogens is 1. The summed E-state index contributed by atoms with van der Waals surface area (Å²) in [6.07, 6.45) is 6.41. The average molecular weight is 276 g/mol. The van der Waals surface area contributed by atoms with Crippen LogP contribution in [0.25, 0.3) is 0 Å². The molecule has 1 aliphatic heterocycles. The summed E-state index contributed by atoms with van der Waals surface area (Å²) in [4.78, 5) is 18.1. The Bertz CT molecular complexity index is 516. The van der Waals surface area contributed by atoms with Crippen molar-refractivity contribution < 1.29 is 14.6 Å². The van der Waals surface area contributed by atoms with Gasteiger partial charge in [-0.3, -0.25) is 0 Å². The van der Waals surface area contributed by atoms with Crippen LogP contribution < -0.4 is 4.90 Å². The summed E-state index contributed by atoms with van der Waals surface area (Å²) in [5.41, 5.74) is 1.10. The molecule has 2 atom stereocenters. The van der Waals surface area contributed by atoms with Crippen molar-refractivity contribution in [1.29, 1.82) is 0 Å². The van der Waals surface area contributed by atoms with E-state index < -0.39 is 5.97 Å². The highest BCUT2D eigenvalue weighted by molar-refractivity contribution is 5.95. The number of carbonyl (C=O) groups is 1. The van der Waals surface area contributed by atoms with Crippen molar-refractivity contribution in [3.05, 3.63) is 23.4 Å². The summed E-state index contributed by atoms with van der Waals surface area (Å²) in [6, 6.07) is 2.02. The molecule has 20 heavy (non-hydrogen) atoms. The number of pyridine rings is 1. The molecule has 2 heterocycles. The number of ether oxygens (including phenoxy) is 1. The summed E-state index contributed by atoms with van der Waals surface area (Å²) in [5.74, 6) is -0.290. The van der Waals surface area contributed by atoms with E-state index in [2.05, 4.69) is 9.88 Å². The van der Waals surface area contributed by atoms with Gasteiger partial charge in [-0.15, -0.1) is 0 Å². The SMILES string of the molecule is Cc1ccnc(N2CCOC3CCCCC32)c1C(=O)O. The molecule has 1 aromatic heterocycles.